The minimum atomic E-state index is -0.533. The average molecular weight is 532 g/mol. The van der Waals surface area contributed by atoms with Crippen molar-refractivity contribution in [2.24, 2.45) is 0 Å². The molecule has 0 aliphatic rings. The quantitative estimate of drug-likeness (QED) is 0.220. The van der Waals surface area contributed by atoms with Crippen molar-refractivity contribution >= 4 is 32.7 Å². The second-order valence-corrected chi connectivity index (χ2v) is 9.87. The maximum atomic E-state index is 9.37. The van der Waals surface area contributed by atoms with Crippen LogP contribution in [0.3, 0.4) is 0 Å². The first-order valence-electron chi connectivity index (χ1n) is 17.8. The number of rotatable bonds is 4. The van der Waals surface area contributed by atoms with E-state index >= 15 is 0 Å². The molecule has 1 heteroatoms. The highest BCUT2D eigenvalue weighted by Gasteiger charge is 2.13. The summed E-state index contributed by atoms with van der Waals surface area (Å²) in [7, 11) is 0. The van der Waals surface area contributed by atoms with E-state index in [9.17, 15) is 1.37 Å². The molecule has 1 nitrogen and oxygen atoms in total. The molecule has 0 aliphatic heterocycles. The summed E-state index contributed by atoms with van der Waals surface area (Å²) in [6.45, 7) is 0. The van der Waals surface area contributed by atoms with Gasteiger partial charge in [-0.05, 0) is 92.3 Å². The lowest BCUT2D eigenvalue weighted by Gasteiger charge is -2.12. The van der Waals surface area contributed by atoms with Gasteiger partial charge >= 0.3 is 0 Å². The fourth-order valence-corrected chi connectivity index (χ4v) is 5.30. The van der Waals surface area contributed by atoms with Crippen LogP contribution in [0.5, 0.6) is 0 Å². The van der Waals surface area contributed by atoms with Crippen LogP contribution in [0.15, 0.2) is 162 Å². The Balaban J connectivity index is 1.38. The smallest absolute Gasteiger partial charge is 0.143 e. The predicted molar refractivity (Wildman–Crippen MR) is 173 cm³/mol. The second-order valence-electron chi connectivity index (χ2n) is 9.87. The molecule has 8 rings (SSSR count). The number of hydrogen-bond acceptors (Lipinski definition) is 1. The molecule has 8 aromatic rings. The van der Waals surface area contributed by atoms with Gasteiger partial charge in [-0.3, -0.25) is 0 Å². The monoisotopic (exact) mass is 531 g/mol. The van der Waals surface area contributed by atoms with E-state index in [1.807, 2.05) is 54.6 Å². The Bertz CT molecular complexity index is 2630. The van der Waals surface area contributed by atoms with Gasteiger partial charge in [0.05, 0.1) is 12.3 Å². The van der Waals surface area contributed by atoms with E-state index in [1.54, 1.807) is 6.07 Å². The van der Waals surface area contributed by atoms with Gasteiger partial charge in [0.25, 0.3) is 0 Å². The van der Waals surface area contributed by atoms with Gasteiger partial charge in [0.1, 0.15) is 11.2 Å². The van der Waals surface area contributed by atoms with Crippen molar-refractivity contribution in [1.82, 2.24) is 0 Å². The average Bonchev–Trinajstić information content (AvgIpc) is 3.55. The van der Waals surface area contributed by atoms with E-state index in [0.717, 1.165) is 33.4 Å². The Morgan fingerprint density at radius 2 is 1.00 bits per heavy atom. The van der Waals surface area contributed by atoms with Gasteiger partial charge in [0.15, 0.2) is 0 Å². The predicted octanol–water partition coefficient (Wildman–Crippen LogP) is 11.4. The third kappa shape index (κ3) is 4.20. The van der Waals surface area contributed by atoms with Gasteiger partial charge in [0.2, 0.25) is 0 Å². The van der Waals surface area contributed by atoms with E-state index in [2.05, 4.69) is 42.5 Å². The molecule has 0 unspecified atom stereocenters. The van der Waals surface area contributed by atoms with E-state index in [4.69, 9.17) is 15.4 Å². The van der Waals surface area contributed by atoms with Crippen molar-refractivity contribution in [2.75, 3.05) is 0 Å². The van der Waals surface area contributed by atoms with Crippen molar-refractivity contribution in [3.8, 4) is 44.5 Å². The summed E-state index contributed by atoms with van der Waals surface area (Å²) in [6, 6.07) is 30.4. The Morgan fingerprint density at radius 1 is 0.415 bits per heavy atom. The molecule has 1 heterocycles. The second kappa shape index (κ2) is 9.66. The third-order valence-electron chi connectivity index (χ3n) is 7.32. The summed E-state index contributed by atoms with van der Waals surface area (Å²) in [5, 5.41) is -0.213. The maximum absolute atomic E-state index is 9.37. The number of hydrogen-bond donors (Lipinski definition) is 0. The van der Waals surface area contributed by atoms with E-state index in [0.29, 0.717) is 5.56 Å². The van der Waals surface area contributed by atoms with Gasteiger partial charge in [-0.1, -0.05) is 115 Å². The summed E-state index contributed by atoms with van der Waals surface area (Å²) in [6.07, 6.45) is 0. The zero-order valence-electron chi connectivity index (χ0n) is 30.7. The zero-order valence-corrected chi connectivity index (χ0v) is 21.7. The summed E-state index contributed by atoms with van der Waals surface area (Å²) >= 11 is 0. The Kier molecular flexibility index (Phi) is 3.77. The standard InChI is InChI=1S/C40H26O/c1-3-10-27(11-4-1)33-23-34(28-12-5-2-6-13-28)25-35(24-33)31-16-9-15-30(22-31)32-19-21-39-38(26-32)37-20-18-29-14-7-8-17-36(29)40(37)41-39/h1-26H/i7D,8D,14D,17D,18D,19D,20D,21D,26D. The third-order valence-corrected chi connectivity index (χ3v) is 7.32. The highest BCUT2D eigenvalue weighted by atomic mass is 16.3. The van der Waals surface area contributed by atoms with Crippen LogP contribution in [0.25, 0.3) is 77.2 Å². The van der Waals surface area contributed by atoms with Crippen molar-refractivity contribution < 1.29 is 16.8 Å². The molecule has 0 radical (unpaired) electrons. The molecule has 192 valence electrons. The lowest BCUT2D eigenvalue weighted by Crippen LogP contribution is -1.87. The van der Waals surface area contributed by atoms with Crippen LogP contribution in [0, 0.1) is 0 Å². The molecule has 0 atom stereocenters. The largest absolute Gasteiger partial charge is 0.455 e. The molecule has 0 spiro atoms. The fourth-order valence-electron chi connectivity index (χ4n) is 5.30. The van der Waals surface area contributed by atoms with E-state index < -0.39 is 30.2 Å². The fraction of sp³-hybridized carbons (Fsp3) is 0. The van der Waals surface area contributed by atoms with Gasteiger partial charge in [-0.2, -0.15) is 0 Å². The molecule has 41 heavy (non-hydrogen) atoms. The minimum absolute atomic E-state index is 0.00139. The lowest BCUT2D eigenvalue weighted by molar-refractivity contribution is 0.672. The summed E-state index contributed by atoms with van der Waals surface area (Å²) in [4.78, 5) is 0. The molecule has 0 N–H and O–H groups in total. The van der Waals surface area contributed by atoms with Crippen molar-refractivity contribution in [1.29, 1.82) is 0 Å². The van der Waals surface area contributed by atoms with Crippen LogP contribution in [-0.4, -0.2) is 0 Å². The normalized spacial score (nSPS) is 14.5. The van der Waals surface area contributed by atoms with Crippen LogP contribution in [0.4, 0.5) is 0 Å². The molecular weight excluding hydrogens is 496 g/mol. The molecule has 0 bridgehead atoms. The van der Waals surface area contributed by atoms with Crippen LogP contribution in [0.2, 0.25) is 0 Å². The Morgan fingerprint density at radius 3 is 1.71 bits per heavy atom. The van der Waals surface area contributed by atoms with Gasteiger partial charge in [-0.15, -0.1) is 0 Å². The van der Waals surface area contributed by atoms with Crippen molar-refractivity contribution in [3.05, 3.63) is 158 Å². The van der Waals surface area contributed by atoms with E-state index in [-0.39, 0.29) is 62.4 Å². The topological polar surface area (TPSA) is 13.1 Å². The summed E-state index contributed by atoms with van der Waals surface area (Å²) in [5.41, 5.74) is 6.30. The molecule has 7 aromatic carbocycles. The first-order valence-corrected chi connectivity index (χ1v) is 13.3. The van der Waals surface area contributed by atoms with Crippen LogP contribution in [-0.2, 0) is 0 Å². The number of furan rings is 1. The van der Waals surface area contributed by atoms with Gasteiger partial charge < -0.3 is 4.42 Å². The zero-order chi connectivity index (χ0) is 35.0. The van der Waals surface area contributed by atoms with Gasteiger partial charge in [0, 0.05) is 16.2 Å². The minimum Gasteiger partial charge on any atom is -0.455 e. The van der Waals surface area contributed by atoms with Crippen LogP contribution >= 0.6 is 0 Å². The van der Waals surface area contributed by atoms with Crippen molar-refractivity contribution in [2.45, 2.75) is 0 Å². The highest BCUT2D eigenvalue weighted by Crippen LogP contribution is 2.38. The number of fused-ring (bicyclic) bond motifs is 5. The van der Waals surface area contributed by atoms with E-state index in [1.165, 1.54) is 0 Å². The molecule has 0 saturated heterocycles. The molecule has 1 aromatic heterocycles. The molecule has 0 fully saturated rings. The molecule has 0 amide bonds. The van der Waals surface area contributed by atoms with Crippen LogP contribution < -0.4 is 0 Å². The van der Waals surface area contributed by atoms with Crippen LogP contribution in [0.1, 0.15) is 12.3 Å². The molecule has 0 aliphatic carbocycles. The maximum Gasteiger partial charge on any atom is 0.143 e. The summed E-state index contributed by atoms with van der Waals surface area (Å²) in [5.74, 6) is 0. The van der Waals surface area contributed by atoms with Gasteiger partial charge in [-0.25, -0.2) is 0 Å². The SMILES string of the molecule is [2H]c1c(-c2cccc(-c3cc(-c4ccccc4)cc(-c4ccccc4)c3)c2)c([2H])c2c(oc3c4c([2H])c([2H])c([2H])c([2H])c4c([2H])c([2H])c32)c1[2H]. The van der Waals surface area contributed by atoms with Crippen molar-refractivity contribution in [3.63, 3.8) is 0 Å². The molecular formula is C40H26O. The first kappa shape index (κ1) is 16.0. The Labute approximate surface area is 251 Å². The first-order chi connectivity index (χ1) is 24.1. The summed E-state index contributed by atoms with van der Waals surface area (Å²) < 4.78 is 84.4. The number of benzene rings is 7. The Hall–Kier alpha value is -5.40. The lowest BCUT2D eigenvalue weighted by atomic mass is 9.92. The highest BCUT2D eigenvalue weighted by molar-refractivity contribution is 6.15. The molecule has 0 saturated carbocycles.